The Hall–Kier alpha value is -0.940. The van der Waals surface area contributed by atoms with Gasteiger partial charge in [-0.2, -0.15) is 0 Å². The summed E-state index contributed by atoms with van der Waals surface area (Å²) >= 11 is 17.5. The molecule has 0 aromatic heterocycles. The Balaban J connectivity index is 2.43. The van der Waals surface area contributed by atoms with Crippen LogP contribution in [0.15, 0.2) is 41.3 Å². The Kier molecular flexibility index (Phi) is 4.49. The van der Waals surface area contributed by atoms with Gasteiger partial charge >= 0.3 is 0 Å². The van der Waals surface area contributed by atoms with E-state index in [4.69, 9.17) is 34.8 Å². The van der Waals surface area contributed by atoms with Gasteiger partial charge in [-0.05, 0) is 42.8 Å². The Bertz CT molecular complexity index is 760. The predicted octanol–water partition coefficient (Wildman–Crippen LogP) is 4.76. The van der Waals surface area contributed by atoms with Gasteiger partial charge in [0.05, 0.1) is 10.7 Å². The molecular weight excluding hydrogens is 341 g/mol. The standard InChI is InChI=1S/C13H10Cl3NO2S/c1-8-2-3-10(15)7-12(8)17-20(18,19)13-5-4-9(14)6-11(13)16/h2-7,17H,1H3. The van der Waals surface area contributed by atoms with Crippen molar-refractivity contribution in [2.24, 2.45) is 0 Å². The highest BCUT2D eigenvalue weighted by molar-refractivity contribution is 7.92. The lowest BCUT2D eigenvalue weighted by atomic mass is 10.2. The summed E-state index contributed by atoms with van der Waals surface area (Å²) in [5, 5.41) is 0.869. The summed E-state index contributed by atoms with van der Waals surface area (Å²) < 4.78 is 27.1. The van der Waals surface area contributed by atoms with Gasteiger partial charge in [0, 0.05) is 10.0 Å². The molecule has 7 heteroatoms. The van der Waals surface area contributed by atoms with E-state index in [1.807, 2.05) is 0 Å². The molecule has 1 N–H and O–H groups in total. The average Bonchev–Trinajstić information content (AvgIpc) is 2.33. The largest absolute Gasteiger partial charge is 0.279 e. The molecule has 20 heavy (non-hydrogen) atoms. The van der Waals surface area contributed by atoms with Crippen molar-refractivity contribution >= 4 is 50.5 Å². The average molecular weight is 351 g/mol. The zero-order valence-electron chi connectivity index (χ0n) is 10.3. The predicted molar refractivity (Wildman–Crippen MR) is 83.5 cm³/mol. The van der Waals surface area contributed by atoms with Gasteiger partial charge in [-0.25, -0.2) is 8.42 Å². The third kappa shape index (κ3) is 3.38. The summed E-state index contributed by atoms with van der Waals surface area (Å²) in [5.74, 6) is 0. The maximum absolute atomic E-state index is 12.3. The third-order valence-corrected chi connectivity index (χ3v) is 4.95. The van der Waals surface area contributed by atoms with E-state index in [1.165, 1.54) is 24.3 Å². The summed E-state index contributed by atoms with van der Waals surface area (Å²) in [5.41, 5.74) is 1.16. The van der Waals surface area contributed by atoms with Crippen molar-refractivity contribution in [3.05, 3.63) is 57.0 Å². The van der Waals surface area contributed by atoms with Crippen LogP contribution < -0.4 is 4.72 Å². The maximum atomic E-state index is 12.3. The molecular formula is C13H10Cl3NO2S. The number of anilines is 1. The zero-order chi connectivity index (χ0) is 14.9. The van der Waals surface area contributed by atoms with Crippen LogP contribution in [0.4, 0.5) is 5.69 Å². The molecule has 0 aliphatic heterocycles. The van der Waals surface area contributed by atoms with E-state index in [2.05, 4.69) is 4.72 Å². The minimum Gasteiger partial charge on any atom is -0.279 e. The fourth-order valence-corrected chi connectivity index (χ4v) is 3.66. The molecule has 2 aromatic rings. The molecule has 0 unspecified atom stereocenters. The molecule has 0 amide bonds. The van der Waals surface area contributed by atoms with Gasteiger partial charge in [0.1, 0.15) is 4.90 Å². The lowest BCUT2D eigenvalue weighted by molar-refractivity contribution is 0.601. The first-order chi connectivity index (χ1) is 9.29. The monoisotopic (exact) mass is 349 g/mol. The minimum absolute atomic E-state index is 0.0389. The number of halogens is 3. The van der Waals surface area contributed by atoms with E-state index in [0.717, 1.165) is 5.56 Å². The van der Waals surface area contributed by atoms with Crippen LogP contribution in [0.5, 0.6) is 0 Å². The van der Waals surface area contributed by atoms with E-state index in [-0.39, 0.29) is 9.92 Å². The van der Waals surface area contributed by atoms with Gasteiger partial charge in [-0.15, -0.1) is 0 Å². The normalized spacial score (nSPS) is 11.4. The van der Waals surface area contributed by atoms with E-state index in [1.54, 1.807) is 19.1 Å². The number of aryl methyl sites for hydroxylation is 1. The quantitative estimate of drug-likeness (QED) is 0.867. The number of hydrogen-bond acceptors (Lipinski definition) is 2. The number of sulfonamides is 1. The van der Waals surface area contributed by atoms with Crippen LogP contribution in [0, 0.1) is 6.92 Å². The van der Waals surface area contributed by atoms with Crippen LogP contribution >= 0.6 is 34.8 Å². The van der Waals surface area contributed by atoms with Crippen LogP contribution in [0.1, 0.15) is 5.56 Å². The molecule has 0 aliphatic rings. The molecule has 3 nitrogen and oxygen atoms in total. The highest BCUT2D eigenvalue weighted by atomic mass is 35.5. The molecule has 0 radical (unpaired) electrons. The molecule has 0 aliphatic carbocycles. The summed E-state index contributed by atoms with van der Waals surface area (Å²) in [4.78, 5) is -0.0389. The second kappa shape index (κ2) is 5.82. The number of hydrogen-bond donors (Lipinski definition) is 1. The zero-order valence-corrected chi connectivity index (χ0v) is 13.4. The van der Waals surface area contributed by atoms with Crippen molar-refractivity contribution in [2.45, 2.75) is 11.8 Å². The lowest BCUT2D eigenvalue weighted by Crippen LogP contribution is -2.14. The fourth-order valence-electron chi connectivity index (χ4n) is 1.60. The van der Waals surface area contributed by atoms with Crippen molar-refractivity contribution in [2.75, 3.05) is 4.72 Å². The van der Waals surface area contributed by atoms with Crippen molar-refractivity contribution in [3.8, 4) is 0 Å². The summed E-state index contributed by atoms with van der Waals surface area (Å²) in [6.45, 7) is 1.78. The molecule has 106 valence electrons. The summed E-state index contributed by atoms with van der Waals surface area (Å²) in [7, 11) is -3.80. The molecule has 0 bridgehead atoms. The van der Waals surface area contributed by atoms with Gasteiger partial charge in [-0.3, -0.25) is 4.72 Å². The summed E-state index contributed by atoms with van der Waals surface area (Å²) in [6, 6.07) is 9.15. The Morgan fingerprint density at radius 1 is 0.950 bits per heavy atom. The molecule has 2 rings (SSSR count). The van der Waals surface area contributed by atoms with Gasteiger partial charge < -0.3 is 0 Å². The van der Waals surface area contributed by atoms with Crippen molar-refractivity contribution < 1.29 is 8.42 Å². The molecule has 2 aromatic carbocycles. The van der Waals surface area contributed by atoms with Crippen molar-refractivity contribution in [1.29, 1.82) is 0 Å². The highest BCUT2D eigenvalue weighted by Crippen LogP contribution is 2.28. The molecule has 0 saturated carbocycles. The topological polar surface area (TPSA) is 46.2 Å². The van der Waals surface area contributed by atoms with Gasteiger partial charge in [0.25, 0.3) is 10.0 Å². The summed E-state index contributed by atoms with van der Waals surface area (Å²) in [6.07, 6.45) is 0. The molecule has 0 fully saturated rings. The Labute approximate surface area is 132 Å². The van der Waals surface area contributed by atoms with Crippen molar-refractivity contribution in [3.63, 3.8) is 0 Å². The van der Waals surface area contributed by atoms with E-state index >= 15 is 0 Å². The van der Waals surface area contributed by atoms with Crippen LogP contribution in [-0.4, -0.2) is 8.42 Å². The number of nitrogens with one attached hydrogen (secondary N) is 1. The smallest absolute Gasteiger partial charge is 0.263 e. The SMILES string of the molecule is Cc1ccc(Cl)cc1NS(=O)(=O)c1ccc(Cl)cc1Cl. The third-order valence-electron chi connectivity index (χ3n) is 2.63. The van der Waals surface area contributed by atoms with Gasteiger partial charge in [0.2, 0.25) is 0 Å². The van der Waals surface area contributed by atoms with E-state index in [9.17, 15) is 8.42 Å². The second-order valence-corrected chi connectivity index (χ2v) is 7.07. The molecule has 0 spiro atoms. The van der Waals surface area contributed by atoms with E-state index in [0.29, 0.717) is 15.7 Å². The van der Waals surface area contributed by atoms with E-state index < -0.39 is 10.0 Å². The van der Waals surface area contributed by atoms with Gasteiger partial charge in [0.15, 0.2) is 0 Å². The Morgan fingerprint density at radius 2 is 1.55 bits per heavy atom. The lowest BCUT2D eigenvalue weighted by Gasteiger charge is -2.12. The second-order valence-electron chi connectivity index (χ2n) is 4.14. The fraction of sp³-hybridized carbons (Fsp3) is 0.0769. The molecule has 0 heterocycles. The maximum Gasteiger partial charge on any atom is 0.263 e. The minimum atomic E-state index is -3.80. The first-order valence-corrected chi connectivity index (χ1v) is 8.15. The molecule has 0 saturated heterocycles. The van der Waals surface area contributed by atoms with Gasteiger partial charge in [-0.1, -0.05) is 40.9 Å². The first-order valence-electron chi connectivity index (χ1n) is 5.53. The number of benzene rings is 2. The first kappa shape index (κ1) is 15.4. The molecule has 0 atom stereocenters. The van der Waals surface area contributed by atoms with Crippen molar-refractivity contribution in [1.82, 2.24) is 0 Å². The van der Waals surface area contributed by atoms with Crippen LogP contribution in [-0.2, 0) is 10.0 Å². The highest BCUT2D eigenvalue weighted by Gasteiger charge is 2.19. The van der Waals surface area contributed by atoms with Crippen LogP contribution in [0.3, 0.4) is 0 Å². The van der Waals surface area contributed by atoms with Crippen LogP contribution in [0.25, 0.3) is 0 Å². The Morgan fingerprint density at radius 3 is 2.20 bits per heavy atom. The number of rotatable bonds is 3. The van der Waals surface area contributed by atoms with Crippen LogP contribution in [0.2, 0.25) is 15.1 Å².